The van der Waals surface area contributed by atoms with E-state index in [9.17, 15) is 0 Å². The molecule has 0 unspecified atom stereocenters. The van der Waals surface area contributed by atoms with Crippen molar-refractivity contribution in [3.63, 3.8) is 0 Å². The third kappa shape index (κ3) is 3.64. The fourth-order valence-electron chi connectivity index (χ4n) is 1.72. The summed E-state index contributed by atoms with van der Waals surface area (Å²) < 4.78 is 2.06. The molecule has 1 aromatic heterocycles. The van der Waals surface area contributed by atoms with E-state index in [0.29, 0.717) is 0 Å². The van der Waals surface area contributed by atoms with Crippen molar-refractivity contribution in [3.05, 3.63) is 17.5 Å². The SMILES string of the molecule is CCn1nc(C)cc1CN(C)CCCN. The molecule has 86 valence electrons. The van der Waals surface area contributed by atoms with Crippen LogP contribution in [0, 0.1) is 6.92 Å². The van der Waals surface area contributed by atoms with E-state index in [1.165, 1.54) is 5.69 Å². The first-order valence-corrected chi connectivity index (χ1v) is 5.59. The van der Waals surface area contributed by atoms with Gasteiger partial charge in [0.05, 0.1) is 11.4 Å². The predicted molar refractivity (Wildman–Crippen MR) is 62.6 cm³/mol. The van der Waals surface area contributed by atoms with Gasteiger partial charge in [-0.05, 0) is 46.5 Å². The van der Waals surface area contributed by atoms with Gasteiger partial charge < -0.3 is 10.6 Å². The minimum Gasteiger partial charge on any atom is -0.330 e. The molecule has 4 nitrogen and oxygen atoms in total. The number of hydrogen-bond donors (Lipinski definition) is 1. The molecular weight excluding hydrogens is 188 g/mol. The monoisotopic (exact) mass is 210 g/mol. The van der Waals surface area contributed by atoms with Gasteiger partial charge in [0.2, 0.25) is 0 Å². The van der Waals surface area contributed by atoms with Gasteiger partial charge in [-0.3, -0.25) is 4.68 Å². The number of aryl methyl sites for hydroxylation is 2. The highest BCUT2D eigenvalue weighted by Gasteiger charge is 2.06. The Morgan fingerprint density at radius 3 is 2.87 bits per heavy atom. The zero-order valence-corrected chi connectivity index (χ0v) is 10.0. The molecule has 2 N–H and O–H groups in total. The largest absolute Gasteiger partial charge is 0.330 e. The van der Waals surface area contributed by atoms with E-state index in [1.807, 2.05) is 6.92 Å². The van der Waals surface area contributed by atoms with Gasteiger partial charge in [-0.2, -0.15) is 5.10 Å². The van der Waals surface area contributed by atoms with Crippen LogP contribution in [0.2, 0.25) is 0 Å². The Hall–Kier alpha value is -0.870. The standard InChI is InChI=1S/C11H22N4/c1-4-15-11(8-10(2)13-15)9-14(3)7-5-6-12/h8H,4-7,9,12H2,1-3H3. The number of nitrogens with two attached hydrogens (primary N) is 1. The summed E-state index contributed by atoms with van der Waals surface area (Å²) in [6.45, 7) is 7.86. The Kier molecular flexibility index (Phi) is 4.78. The van der Waals surface area contributed by atoms with E-state index in [4.69, 9.17) is 5.73 Å². The second-order valence-electron chi connectivity index (χ2n) is 3.97. The van der Waals surface area contributed by atoms with Crippen LogP contribution in [0.25, 0.3) is 0 Å². The van der Waals surface area contributed by atoms with Crippen LogP contribution in [0.5, 0.6) is 0 Å². The maximum Gasteiger partial charge on any atom is 0.0597 e. The van der Waals surface area contributed by atoms with Crippen LogP contribution in [-0.2, 0) is 13.1 Å². The zero-order chi connectivity index (χ0) is 11.3. The third-order valence-corrected chi connectivity index (χ3v) is 2.46. The van der Waals surface area contributed by atoms with E-state index < -0.39 is 0 Å². The molecule has 1 heterocycles. The minimum absolute atomic E-state index is 0.760. The molecule has 0 spiro atoms. The van der Waals surface area contributed by atoms with Crippen LogP contribution in [0.4, 0.5) is 0 Å². The molecule has 4 heteroatoms. The molecule has 0 aliphatic heterocycles. The van der Waals surface area contributed by atoms with Crippen LogP contribution in [0.15, 0.2) is 6.07 Å². The van der Waals surface area contributed by atoms with Crippen LogP contribution >= 0.6 is 0 Å². The van der Waals surface area contributed by atoms with Crippen LogP contribution in [0.1, 0.15) is 24.7 Å². The first-order valence-electron chi connectivity index (χ1n) is 5.59. The fraction of sp³-hybridized carbons (Fsp3) is 0.727. The Balaban J connectivity index is 2.54. The fourth-order valence-corrected chi connectivity index (χ4v) is 1.72. The van der Waals surface area contributed by atoms with Gasteiger partial charge in [-0.15, -0.1) is 0 Å². The van der Waals surface area contributed by atoms with Gasteiger partial charge in [0.15, 0.2) is 0 Å². The Bertz CT molecular complexity index is 293. The average Bonchev–Trinajstić information content (AvgIpc) is 2.55. The van der Waals surface area contributed by atoms with Crippen LogP contribution < -0.4 is 5.73 Å². The highest BCUT2D eigenvalue weighted by atomic mass is 15.3. The molecule has 0 saturated carbocycles. The summed E-state index contributed by atoms with van der Waals surface area (Å²) in [5, 5.41) is 4.43. The Labute approximate surface area is 92.1 Å². The summed E-state index contributed by atoms with van der Waals surface area (Å²) in [6, 6.07) is 2.16. The topological polar surface area (TPSA) is 47.1 Å². The molecule has 1 aromatic rings. The lowest BCUT2D eigenvalue weighted by molar-refractivity contribution is 0.312. The number of rotatable bonds is 6. The lowest BCUT2D eigenvalue weighted by Crippen LogP contribution is -2.23. The van der Waals surface area contributed by atoms with E-state index in [-0.39, 0.29) is 0 Å². The summed E-state index contributed by atoms with van der Waals surface area (Å²) in [5.41, 5.74) is 7.87. The molecule has 0 saturated heterocycles. The van der Waals surface area contributed by atoms with E-state index >= 15 is 0 Å². The summed E-state index contributed by atoms with van der Waals surface area (Å²) in [5.74, 6) is 0. The van der Waals surface area contributed by atoms with E-state index in [0.717, 1.165) is 38.3 Å². The summed E-state index contributed by atoms with van der Waals surface area (Å²) in [6.07, 6.45) is 1.05. The van der Waals surface area contributed by atoms with Gasteiger partial charge in [0.25, 0.3) is 0 Å². The lowest BCUT2D eigenvalue weighted by atomic mass is 10.3. The Morgan fingerprint density at radius 1 is 1.53 bits per heavy atom. The van der Waals surface area contributed by atoms with Crippen molar-refractivity contribution < 1.29 is 0 Å². The van der Waals surface area contributed by atoms with Crippen molar-refractivity contribution in [1.29, 1.82) is 0 Å². The molecule has 0 bridgehead atoms. The van der Waals surface area contributed by atoms with Gasteiger partial charge in [0, 0.05) is 13.1 Å². The Morgan fingerprint density at radius 2 is 2.27 bits per heavy atom. The summed E-state index contributed by atoms with van der Waals surface area (Å²) in [7, 11) is 2.12. The maximum absolute atomic E-state index is 5.49. The number of hydrogen-bond acceptors (Lipinski definition) is 3. The highest BCUT2D eigenvalue weighted by Crippen LogP contribution is 2.06. The molecule has 0 radical (unpaired) electrons. The summed E-state index contributed by atoms with van der Waals surface area (Å²) in [4.78, 5) is 2.29. The van der Waals surface area contributed by atoms with Crippen molar-refractivity contribution >= 4 is 0 Å². The average molecular weight is 210 g/mol. The number of aromatic nitrogens is 2. The van der Waals surface area contributed by atoms with Crippen LogP contribution in [-0.4, -0.2) is 34.8 Å². The minimum atomic E-state index is 0.760. The van der Waals surface area contributed by atoms with Crippen molar-refractivity contribution in [3.8, 4) is 0 Å². The normalized spacial score (nSPS) is 11.3. The second kappa shape index (κ2) is 5.88. The van der Waals surface area contributed by atoms with E-state index in [1.54, 1.807) is 0 Å². The van der Waals surface area contributed by atoms with Crippen molar-refractivity contribution in [2.75, 3.05) is 20.1 Å². The van der Waals surface area contributed by atoms with Gasteiger partial charge in [-0.25, -0.2) is 0 Å². The van der Waals surface area contributed by atoms with E-state index in [2.05, 4.69) is 34.7 Å². The smallest absolute Gasteiger partial charge is 0.0597 e. The van der Waals surface area contributed by atoms with Crippen molar-refractivity contribution in [2.24, 2.45) is 5.73 Å². The maximum atomic E-state index is 5.49. The van der Waals surface area contributed by atoms with Gasteiger partial charge in [0.1, 0.15) is 0 Å². The number of nitrogens with zero attached hydrogens (tertiary/aromatic N) is 3. The van der Waals surface area contributed by atoms with Crippen LogP contribution in [0.3, 0.4) is 0 Å². The first kappa shape index (κ1) is 12.2. The van der Waals surface area contributed by atoms with Crippen molar-refractivity contribution in [1.82, 2.24) is 14.7 Å². The first-order chi connectivity index (χ1) is 7.17. The summed E-state index contributed by atoms with van der Waals surface area (Å²) >= 11 is 0. The molecule has 0 aliphatic rings. The molecule has 0 fully saturated rings. The lowest BCUT2D eigenvalue weighted by Gasteiger charge is -2.16. The molecule has 0 atom stereocenters. The predicted octanol–water partition coefficient (Wildman–Crippen LogP) is 0.992. The second-order valence-corrected chi connectivity index (χ2v) is 3.97. The molecular formula is C11H22N4. The highest BCUT2D eigenvalue weighted by molar-refractivity contribution is 5.08. The quantitative estimate of drug-likeness (QED) is 0.761. The molecule has 15 heavy (non-hydrogen) atoms. The molecule has 0 amide bonds. The molecule has 0 aliphatic carbocycles. The van der Waals surface area contributed by atoms with Gasteiger partial charge >= 0.3 is 0 Å². The molecule has 0 aromatic carbocycles. The third-order valence-electron chi connectivity index (χ3n) is 2.46. The van der Waals surface area contributed by atoms with Gasteiger partial charge in [-0.1, -0.05) is 0 Å². The zero-order valence-electron chi connectivity index (χ0n) is 10.0. The molecule has 1 rings (SSSR count). The van der Waals surface area contributed by atoms with Crippen molar-refractivity contribution in [2.45, 2.75) is 33.4 Å².